The van der Waals surface area contributed by atoms with E-state index in [2.05, 4.69) is 5.32 Å². The number of rotatable bonds is 5. The van der Waals surface area contributed by atoms with E-state index in [4.69, 9.17) is 18.6 Å². The van der Waals surface area contributed by atoms with E-state index >= 15 is 0 Å². The Morgan fingerprint density at radius 1 is 1.10 bits per heavy atom. The highest BCUT2D eigenvalue weighted by atomic mass is 16.5. The van der Waals surface area contributed by atoms with Gasteiger partial charge in [-0.15, -0.1) is 0 Å². The summed E-state index contributed by atoms with van der Waals surface area (Å²) in [5, 5.41) is 2.73. The summed E-state index contributed by atoms with van der Waals surface area (Å²) in [6.07, 6.45) is 2.80. The van der Waals surface area contributed by atoms with Crippen LogP contribution >= 0.6 is 0 Å². The summed E-state index contributed by atoms with van der Waals surface area (Å²) >= 11 is 0. The largest absolute Gasteiger partial charge is 0.493 e. The summed E-state index contributed by atoms with van der Waals surface area (Å²) in [5.41, 5.74) is 0.962. The number of anilines is 1. The molecule has 1 N–H and O–H groups in total. The zero-order chi connectivity index (χ0) is 14.5. The van der Waals surface area contributed by atoms with Gasteiger partial charge in [0.1, 0.15) is 6.26 Å². The summed E-state index contributed by atoms with van der Waals surface area (Å²) in [4.78, 5) is 11.9. The van der Waals surface area contributed by atoms with Gasteiger partial charge in [0.2, 0.25) is 5.75 Å². The fourth-order valence-corrected chi connectivity index (χ4v) is 1.75. The molecule has 2 rings (SSSR count). The van der Waals surface area contributed by atoms with Crippen LogP contribution in [-0.2, 0) is 0 Å². The Labute approximate surface area is 116 Å². The Hall–Kier alpha value is -2.63. The SMILES string of the molecule is COc1cc(NC(=O)c2ccoc2)cc(OC)c1OC. The molecule has 1 amide bonds. The van der Waals surface area contributed by atoms with E-state index in [0.29, 0.717) is 28.5 Å². The second-order valence-corrected chi connectivity index (χ2v) is 3.88. The average Bonchev–Trinajstić information content (AvgIpc) is 3.00. The molecule has 0 bridgehead atoms. The number of hydrogen-bond donors (Lipinski definition) is 1. The van der Waals surface area contributed by atoms with E-state index < -0.39 is 0 Å². The first kappa shape index (κ1) is 13.8. The Balaban J connectivity index is 2.30. The third-order valence-electron chi connectivity index (χ3n) is 2.71. The molecule has 6 heteroatoms. The van der Waals surface area contributed by atoms with E-state index in [1.807, 2.05) is 0 Å². The number of benzene rings is 1. The lowest BCUT2D eigenvalue weighted by Crippen LogP contribution is -2.11. The Bertz CT molecular complexity index is 567. The molecule has 0 atom stereocenters. The van der Waals surface area contributed by atoms with Crippen LogP contribution in [-0.4, -0.2) is 27.2 Å². The molecular weight excluding hydrogens is 262 g/mol. The smallest absolute Gasteiger partial charge is 0.258 e. The Morgan fingerprint density at radius 2 is 1.75 bits per heavy atom. The lowest BCUT2D eigenvalue weighted by Gasteiger charge is -2.14. The molecule has 2 aromatic rings. The second kappa shape index (κ2) is 6.01. The maximum absolute atomic E-state index is 11.9. The van der Waals surface area contributed by atoms with Crippen molar-refractivity contribution < 1.29 is 23.4 Å². The molecule has 1 heterocycles. The number of carbonyl (C=O) groups excluding carboxylic acids is 1. The molecule has 1 aromatic carbocycles. The zero-order valence-electron chi connectivity index (χ0n) is 11.4. The van der Waals surface area contributed by atoms with Gasteiger partial charge in [-0.1, -0.05) is 0 Å². The van der Waals surface area contributed by atoms with Crippen molar-refractivity contribution in [3.63, 3.8) is 0 Å². The Morgan fingerprint density at radius 3 is 2.20 bits per heavy atom. The normalized spacial score (nSPS) is 9.95. The first-order chi connectivity index (χ1) is 9.69. The predicted molar refractivity (Wildman–Crippen MR) is 72.8 cm³/mol. The number of ether oxygens (including phenoxy) is 3. The van der Waals surface area contributed by atoms with Crippen molar-refractivity contribution in [1.82, 2.24) is 0 Å². The fraction of sp³-hybridized carbons (Fsp3) is 0.214. The van der Waals surface area contributed by atoms with Crippen LogP contribution < -0.4 is 19.5 Å². The molecule has 0 saturated carbocycles. The van der Waals surface area contributed by atoms with Gasteiger partial charge in [-0.3, -0.25) is 4.79 Å². The summed E-state index contributed by atoms with van der Waals surface area (Å²) in [6, 6.07) is 4.88. The van der Waals surface area contributed by atoms with E-state index in [0.717, 1.165) is 0 Å². The highest BCUT2D eigenvalue weighted by Gasteiger charge is 2.15. The van der Waals surface area contributed by atoms with Crippen molar-refractivity contribution >= 4 is 11.6 Å². The number of carbonyl (C=O) groups is 1. The maximum atomic E-state index is 11.9. The number of methoxy groups -OCH3 is 3. The van der Waals surface area contributed by atoms with Crippen molar-refractivity contribution in [2.75, 3.05) is 26.6 Å². The molecule has 106 valence electrons. The van der Waals surface area contributed by atoms with Gasteiger partial charge in [-0.2, -0.15) is 0 Å². The molecule has 0 saturated heterocycles. The topological polar surface area (TPSA) is 69.9 Å². The minimum Gasteiger partial charge on any atom is -0.493 e. The van der Waals surface area contributed by atoms with Crippen LogP contribution in [0.5, 0.6) is 17.2 Å². The van der Waals surface area contributed by atoms with Crippen molar-refractivity contribution in [3.8, 4) is 17.2 Å². The minimum atomic E-state index is -0.284. The standard InChI is InChI=1S/C14H15NO5/c1-17-11-6-10(7-12(18-2)13(11)19-3)15-14(16)9-4-5-20-8-9/h4-8H,1-3H3,(H,15,16). The molecule has 1 aromatic heterocycles. The van der Waals surface area contributed by atoms with Crippen LogP contribution in [0.4, 0.5) is 5.69 Å². The molecule has 0 spiro atoms. The van der Waals surface area contributed by atoms with Crippen molar-refractivity contribution in [3.05, 3.63) is 36.3 Å². The molecule has 0 unspecified atom stereocenters. The first-order valence-corrected chi connectivity index (χ1v) is 5.83. The van der Waals surface area contributed by atoms with Gasteiger partial charge >= 0.3 is 0 Å². The van der Waals surface area contributed by atoms with E-state index in [9.17, 15) is 4.79 Å². The van der Waals surface area contributed by atoms with Crippen LogP contribution in [0.25, 0.3) is 0 Å². The van der Waals surface area contributed by atoms with E-state index in [1.165, 1.54) is 33.9 Å². The van der Waals surface area contributed by atoms with Crippen LogP contribution in [0.2, 0.25) is 0 Å². The van der Waals surface area contributed by atoms with Gasteiger partial charge in [0.25, 0.3) is 5.91 Å². The predicted octanol–water partition coefficient (Wildman–Crippen LogP) is 2.56. The van der Waals surface area contributed by atoms with Gasteiger partial charge in [0.15, 0.2) is 11.5 Å². The van der Waals surface area contributed by atoms with E-state index in [1.54, 1.807) is 18.2 Å². The van der Waals surface area contributed by atoms with Crippen molar-refractivity contribution in [2.45, 2.75) is 0 Å². The molecular formula is C14H15NO5. The number of nitrogens with one attached hydrogen (secondary N) is 1. The van der Waals surface area contributed by atoms with Crippen molar-refractivity contribution in [1.29, 1.82) is 0 Å². The van der Waals surface area contributed by atoms with Crippen LogP contribution in [0.3, 0.4) is 0 Å². The third-order valence-corrected chi connectivity index (χ3v) is 2.71. The highest BCUT2D eigenvalue weighted by molar-refractivity contribution is 6.04. The quantitative estimate of drug-likeness (QED) is 0.909. The highest BCUT2D eigenvalue weighted by Crippen LogP contribution is 2.39. The summed E-state index contributed by atoms with van der Waals surface area (Å²) < 4.78 is 20.5. The molecule has 0 aliphatic heterocycles. The maximum Gasteiger partial charge on any atom is 0.258 e. The lowest BCUT2D eigenvalue weighted by atomic mass is 10.2. The van der Waals surface area contributed by atoms with Gasteiger partial charge in [0, 0.05) is 17.8 Å². The van der Waals surface area contributed by atoms with Crippen LogP contribution in [0, 0.1) is 0 Å². The van der Waals surface area contributed by atoms with Crippen molar-refractivity contribution in [2.24, 2.45) is 0 Å². The molecule has 0 fully saturated rings. The summed E-state index contributed by atoms with van der Waals surface area (Å²) in [7, 11) is 4.54. The molecule has 6 nitrogen and oxygen atoms in total. The van der Waals surface area contributed by atoms with Gasteiger partial charge in [0.05, 0.1) is 33.2 Å². The first-order valence-electron chi connectivity index (χ1n) is 5.83. The number of furan rings is 1. The minimum absolute atomic E-state index is 0.284. The van der Waals surface area contributed by atoms with Gasteiger partial charge in [-0.05, 0) is 6.07 Å². The Kier molecular flexibility index (Phi) is 4.14. The van der Waals surface area contributed by atoms with Gasteiger partial charge < -0.3 is 23.9 Å². The molecule has 0 radical (unpaired) electrons. The number of amides is 1. The van der Waals surface area contributed by atoms with Crippen LogP contribution in [0.15, 0.2) is 35.1 Å². The third kappa shape index (κ3) is 2.69. The molecule has 0 aliphatic rings. The fourth-order valence-electron chi connectivity index (χ4n) is 1.75. The second-order valence-electron chi connectivity index (χ2n) is 3.88. The number of hydrogen-bond acceptors (Lipinski definition) is 5. The molecule has 20 heavy (non-hydrogen) atoms. The zero-order valence-corrected chi connectivity index (χ0v) is 11.4. The van der Waals surface area contributed by atoms with E-state index in [-0.39, 0.29) is 5.91 Å². The van der Waals surface area contributed by atoms with Gasteiger partial charge in [-0.25, -0.2) is 0 Å². The summed E-state index contributed by atoms with van der Waals surface area (Å²) in [6.45, 7) is 0. The van der Waals surface area contributed by atoms with Crippen LogP contribution in [0.1, 0.15) is 10.4 Å². The summed E-state index contributed by atoms with van der Waals surface area (Å²) in [5.74, 6) is 1.12. The lowest BCUT2D eigenvalue weighted by molar-refractivity contribution is 0.102. The average molecular weight is 277 g/mol. The monoisotopic (exact) mass is 277 g/mol. The molecule has 0 aliphatic carbocycles.